The highest BCUT2D eigenvalue weighted by molar-refractivity contribution is 5.83. The second-order valence-corrected chi connectivity index (χ2v) is 4.89. The standard InChI is InChI=1S/C15H19NO2.C2H6/c1-3-15(18)16-9-13(11(2)17)14(10-16)12-7-5-4-6-8-12;1-2/h4-8,13-14H,3,9-10H2,1-2H3;1-2H3/t13-,14-;/m0./s1. The van der Waals surface area contributed by atoms with Crippen molar-refractivity contribution < 1.29 is 9.59 Å². The van der Waals surface area contributed by atoms with Gasteiger partial charge in [-0.1, -0.05) is 51.1 Å². The number of ketones is 1. The molecule has 1 aromatic carbocycles. The molecule has 0 saturated carbocycles. The van der Waals surface area contributed by atoms with E-state index >= 15 is 0 Å². The van der Waals surface area contributed by atoms with Crippen molar-refractivity contribution in [1.82, 2.24) is 4.90 Å². The zero-order chi connectivity index (χ0) is 15.1. The molecule has 20 heavy (non-hydrogen) atoms. The van der Waals surface area contributed by atoms with Gasteiger partial charge in [0, 0.05) is 31.3 Å². The van der Waals surface area contributed by atoms with Crippen LogP contribution in [0.3, 0.4) is 0 Å². The Hall–Kier alpha value is -1.64. The molecule has 1 aliphatic rings. The number of likely N-dealkylation sites (tertiary alicyclic amines) is 1. The first-order chi connectivity index (χ1) is 9.63. The summed E-state index contributed by atoms with van der Waals surface area (Å²) in [4.78, 5) is 25.3. The van der Waals surface area contributed by atoms with E-state index in [-0.39, 0.29) is 23.5 Å². The zero-order valence-electron chi connectivity index (χ0n) is 12.9. The van der Waals surface area contributed by atoms with Gasteiger partial charge in [-0.2, -0.15) is 0 Å². The van der Waals surface area contributed by atoms with Crippen molar-refractivity contribution in [2.24, 2.45) is 5.92 Å². The van der Waals surface area contributed by atoms with Gasteiger partial charge in [0.05, 0.1) is 0 Å². The van der Waals surface area contributed by atoms with Gasteiger partial charge in [-0.25, -0.2) is 0 Å². The lowest BCUT2D eigenvalue weighted by Gasteiger charge is -2.15. The number of carbonyl (C=O) groups excluding carboxylic acids is 2. The fourth-order valence-corrected chi connectivity index (χ4v) is 2.68. The highest BCUT2D eigenvalue weighted by Crippen LogP contribution is 2.33. The van der Waals surface area contributed by atoms with Crippen molar-refractivity contribution in [1.29, 1.82) is 0 Å². The molecule has 0 N–H and O–H groups in total. The number of hydrogen-bond acceptors (Lipinski definition) is 2. The maximum Gasteiger partial charge on any atom is 0.222 e. The van der Waals surface area contributed by atoms with Crippen molar-refractivity contribution in [3.05, 3.63) is 35.9 Å². The first kappa shape index (κ1) is 16.4. The lowest BCUT2D eigenvalue weighted by molar-refractivity contribution is -0.130. The van der Waals surface area contributed by atoms with Gasteiger partial charge in [-0.05, 0) is 12.5 Å². The number of hydrogen-bond donors (Lipinski definition) is 0. The predicted molar refractivity (Wildman–Crippen MR) is 81.6 cm³/mol. The Bertz CT molecular complexity index is 442. The third-order valence-electron chi connectivity index (χ3n) is 3.72. The summed E-state index contributed by atoms with van der Waals surface area (Å²) >= 11 is 0. The molecule has 1 fully saturated rings. The largest absolute Gasteiger partial charge is 0.341 e. The first-order valence-electron chi connectivity index (χ1n) is 7.46. The van der Waals surface area contributed by atoms with Gasteiger partial charge in [0.15, 0.2) is 0 Å². The van der Waals surface area contributed by atoms with Crippen molar-refractivity contribution in [2.45, 2.75) is 40.0 Å². The van der Waals surface area contributed by atoms with Gasteiger partial charge in [-0.15, -0.1) is 0 Å². The molecule has 2 atom stereocenters. The summed E-state index contributed by atoms with van der Waals surface area (Å²) in [7, 11) is 0. The Morgan fingerprint density at radius 1 is 1.15 bits per heavy atom. The molecule has 1 aromatic rings. The normalized spacial score (nSPS) is 21.1. The van der Waals surface area contributed by atoms with E-state index in [9.17, 15) is 9.59 Å². The molecule has 0 radical (unpaired) electrons. The van der Waals surface area contributed by atoms with E-state index in [1.54, 1.807) is 6.92 Å². The molecule has 1 amide bonds. The van der Waals surface area contributed by atoms with Crippen LogP contribution in [0.25, 0.3) is 0 Å². The SMILES string of the molecule is CC.CCC(=O)N1C[C@@H](C(C)=O)[C@H](c2ccccc2)C1. The minimum Gasteiger partial charge on any atom is -0.341 e. The molecular formula is C17H25NO2. The third-order valence-corrected chi connectivity index (χ3v) is 3.72. The first-order valence-corrected chi connectivity index (χ1v) is 7.46. The summed E-state index contributed by atoms with van der Waals surface area (Å²) < 4.78 is 0. The van der Waals surface area contributed by atoms with Crippen LogP contribution < -0.4 is 0 Å². The number of rotatable bonds is 3. The van der Waals surface area contributed by atoms with Gasteiger partial charge >= 0.3 is 0 Å². The van der Waals surface area contributed by atoms with Gasteiger partial charge in [-0.3, -0.25) is 9.59 Å². The lowest BCUT2D eigenvalue weighted by Crippen LogP contribution is -2.28. The number of carbonyl (C=O) groups is 2. The van der Waals surface area contributed by atoms with Crippen molar-refractivity contribution >= 4 is 11.7 Å². The smallest absolute Gasteiger partial charge is 0.222 e. The zero-order valence-corrected chi connectivity index (χ0v) is 12.9. The fourth-order valence-electron chi connectivity index (χ4n) is 2.68. The molecule has 0 bridgehead atoms. The summed E-state index contributed by atoms with van der Waals surface area (Å²) in [6.45, 7) is 8.73. The van der Waals surface area contributed by atoms with E-state index in [4.69, 9.17) is 0 Å². The highest BCUT2D eigenvalue weighted by Gasteiger charge is 2.37. The summed E-state index contributed by atoms with van der Waals surface area (Å²) in [5.74, 6) is 0.414. The maximum absolute atomic E-state index is 11.8. The molecular weight excluding hydrogens is 250 g/mol. The molecule has 3 heteroatoms. The molecule has 3 nitrogen and oxygen atoms in total. The van der Waals surface area contributed by atoms with E-state index in [1.165, 1.54) is 0 Å². The number of nitrogens with zero attached hydrogens (tertiary/aromatic N) is 1. The van der Waals surface area contributed by atoms with Gasteiger partial charge < -0.3 is 4.90 Å². The Morgan fingerprint density at radius 3 is 2.25 bits per heavy atom. The summed E-state index contributed by atoms with van der Waals surface area (Å²) in [5.41, 5.74) is 1.16. The molecule has 0 spiro atoms. The summed E-state index contributed by atoms with van der Waals surface area (Å²) in [5, 5.41) is 0. The van der Waals surface area contributed by atoms with E-state index in [1.807, 2.05) is 56.0 Å². The van der Waals surface area contributed by atoms with Crippen molar-refractivity contribution in [3.8, 4) is 0 Å². The second-order valence-electron chi connectivity index (χ2n) is 4.89. The molecule has 0 unspecified atom stereocenters. The molecule has 1 heterocycles. The Balaban J connectivity index is 0.000000956. The van der Waals surface area contributed by atoms with E-state index in [0.29, 0.717) is 19.5 Å². The van der Waals surface area contributed by atoms with Crippen LogP contribution in [0.15, 0.2) is 30.3 Å². The maximum atomic E-state index is 11.8. The van der Waals surface area contributed by atoms with Crippen LogP contribution >= 0.6 is 0 Å². The Kier molecular flexibility index (Phi) is 6.43. The third kappa shape index (κ3) is 3.69. The topological polar surface area (TPSA) is 37.4 Å². The van der Waals surface area contributed by atoms with Crippen LogP contribution in [0.2, 0.25) is 0 Å². The van der Waals surface area contributed by atoms with Crippen LogP contribution in [-0.4, -0.2) is 29.7 Å². The average Bonchev–Trinajstić information content (AvgIpc) is 2.95. The van der Waals surface area contributed by atoms with Gasteiger partial charge in [0.2, 0.25) is 5.91 Å². The van der Waals surface area contributed by atoms with Gasteiger partial charge in [0.25, 0.3) is 0 Å². The summed E-state index contributed by atoms with van der Waals surface area (Å²) in [6, 6.07) is 10.0. The minimum absolute atomic E-state index is 0.0529. The van der Waals surface area contributed by atoms with Crippen molar-refractivity contribution in [3.63, 3.8) is 0 Å². The van der Waals surface area contributed by atoms with E-state index < -0.39 is 0 Å². The number of amides is 1. The van der Waals surface area contributed by atoms with Crippen LogP contribution in [0, 0.1) is 5.92 Å². The molecule has 2 rings (SSSR count). The van der Waals surface area contributed by atoms with Crippen LogP contribution in [0.4, 0.5) is 0 Å². The number of Topliss-reactive ketones (excluding diaryl/α,β-unsaturated/α-hetero) is 1. The minimum atomic E-state index is -0.0529. The van der Waals surface area contributed by atoms with Crippen LogP contribution in [0.1, 0.15) is 45.6 Å². The number of benzene rings is 1. The quantitative estimate of drug-likeness (QED) is 0.849. The van der Waals surface area contributed by atoms with E-state index in [0.717, 1.165) is 5.56 Å². The lowest BCUT2D eigenvalue weighted by atomic mass is 9.87. The molecule has 1 saturated heterocycles. The predicted octanol–water partition coefficient (Wildman–Crippen LogP) is 3.25. The average molecular weight is 275 g/mol. The molecule has 110 valence electrons. The van der Waals surface area contributed by atoms with E-state index in [2.05, 4.69) is 0 Å². The Labute approximate surface area is 122 Å². The summed E-state index contributed by atoms with van der Waals surface area (Å²) in [6.07, 6.45) is 0.506. The Morgan fingerprint density at radius 2 is 1.75 bits per heavy atom. The van der Waals surface area contributed by atoms with Crippen molar-refractivity contribution in [2.75, 3.05) is 13.1 Å². The highest BCUT2D eigenvalue weighted by atomic mass is 16.2. The second kappa shape index (κ2) is 7.83. The fraction of sp³-hybridized carbons (Fsp3) is 0.529. The molecule has 0 aromatic heterocycles. The van der Waals surface area contributed by atoms with Crippen LogP contribution in [0.5, 0.6) is 0 Å². The molecule has 0 aliphatic carbocycles. The molecule has 1 aliphatic heterocycles. The van der Waals surface area contributed by atoms with Gasteiger partial charge in [0.1, 0.15) is 5.78 Å². The monoisotopic (exact) mass is 275 g/mol. The van der Waals surface area contributed by atoms with Crippen LogP contribution in [-0.2, 0) is 9.59 Å².